The highest BCUT2D eigenvalue weighted by Gasteiger charge is 2.24. The van der Waals surface area contributed by atoms with Crippen molar-refractivity contribution in [3.63, 3.8) is 0 Å². The molecule has 1 aromatic carbocycles. The maximum absolute atomic E-state index is 11.6. The molecule has 0 aliphatic carbocycles. The molecule has 0 spiro atoms. The fraction of sp³-hybridized carbons (Fsp3) is 0.385. The number of hydrogen-bond acceptors (Lipinski definition) is 3. The highest BCUT2D eigenvalue weighted by atomic mass is 35.5. The van der Waals surface area contributed by atoms with Crippen molar-refractivity contribution < 1.29 is 9.59 Å². The van der Waals surface area contributed by atoms with Gasteiger partial charge in [-0.25, -0.2) is 0 Å². The molecule has 1 fully saturated rings. The maximum atomic E-state index is 11.6. The molecular weight excluding hydrogens is 266 g/mol. The first-order valence-electron chi connectivity index (χ1n) is 6.00. The topological polar surface area (TPSA) is 70.2 Å². The highest BCUT2D eigenvalue weighted by molar-refractivity contribution is 5.88. The van der Waals surface area contributed by atoms with Crippen molar-refractivity contribution in [2.24, 2.45) is 5.92 Å². The van der Waals surface area contributed by atoms with Gasteiger partial charge in [-0.15, -0.1) is 12.4 Å². The van der Waals surface area contributed by atoms with Crippen LogP contribution in [0.3, 0.4) is 0 Å². The molecule has 19 heavy (non-hydrogen) atoms. The van der Waals surface area contributed by atoms with Crippen LogP contribution in [0.25, 0.3) is 0 Å². The molecule has 0 saturated carbocycles. The predicted octanol–water partition coefficient (Wildman–Crippen LogP) is 0.902. The van der Waals surface area contributed by atoms with E-state index in [1.54, 1.807) is 0 Å². The molecule has 0 unspecified atom stereocenters. The Hall–Kier alpha value is -1.59. The quantitative estimate of drug-likeness (QED) is 0.769. The summed E-state index contributed by atoms with van der Waals surface area (Å²) in [5, 5.41) is 8.67. The van der Waals surface area contributed by atoms with E-state index in [-0.39, 0.29) is 30.1 Å². The van der Waals surface area contributed by atoms with E-state index in [1.807, 2.05) is 24.3 Å². The Bertz CT molecular complexity index is 461. The normalized spacial score (nSPS) is 13.9. The molecule has 2 amide bonds. The third kappa shape index (κ3) is 4.54. The van der Waals surface area contributed by atoms with Crippen LogP contribution in [0.15, 0.2) is 24.3 Å². The zero-order chi connectivity index (χ0) is 13.0. The summed E-state index contributed by atoms with van der Waals surface area (Å²) in [7, 11) is 0. The van der Waals surface area contributed by atoms with Crippen LogP contribution in [0.2, 0.25) is 0 Å². The molecule has 6 heteroatoms. The van der Waals surface area contributed by atoms with Gasteiger partial charge in [0.25, 0.3) is 0 Å². The number of carbonyl (C=O) groups is 2. The van der Waals surface area contributed by atoms with Crippen LogP contribution in [-0.4, -0.2) is 24.9 Å². The lowest BCUT2D eigenvalue weighted by Crippen LogP contribution is -2.50. The lowest BCUT2D eigenvalue weighted by atomic mass is 10.0. The molecule has 1 aliphatic heterocycles. The Morgan fingerprint density at radius 2 is 2.11 bits per heavy atom. The molecular formula is C13H18ClN3O2. The summed E-state index contributed by atoms with van der Waals surface area (Å²) in [4.78, 5) is 22.6. The first-order chi connectivity index (χ1) is 8.65. The highest BCUT2D eigenvalue weighted by Crippen LogP contribution is 2.11. The van der Waals surface area contributed by atoms with Gasteiger partial charge >= 0.3 is 0 Å². The van der Waals surface area contributed by atoms with E-state index in [9.17, 15) is 9.59 Å². The number of benzene rings is 1. The van der Waals surface area contributed by atoms with E-state index in [4.69, 9.17) is 0 Å². The van der Waals surface area contributed by atoms with Gasteiger partial charge in [0.2, 0.25) is 11.8 Å². The summed E-state index contributed by atoms with van der Waals surface area (Å²) in [5.74, 6) is 0.0823. The fourth-order valence-electron chi connectivity index (χ4n) is 1.77. The van der Waals surface area contributed by atoms with E-state index < -0.39 is 0 Å². The van der Waals surface area contributed by atoms with E-state index >= 15 is 0 Å². The Labute approximate surface area is 118 Å². The standard InChI is InChI=1S/C13H17N3O2.ClH/c1-9(17)16-12-4-2-3-10(5-12)6-15-13(18)11-7-14-8-11;/h2-5,11,14H,6-8H2,1H3,(H,15,18)(H,16,17);1H. The van der Waals surface area contributed by atoms with Crippen LogP contribution in [0.5, 0.6) is 0 Å². The molecule has 1 heterocycles. The molecule has 1 saturated heterocycles. The predicted molar refractivity (Wildman–Crippen MR) is 76.2 cm³/mol. The minimum atomic E-state index is -0.100. The number of amides is 2. The average molecular weight is 284 g/mol. The second kappa shape index (κ2) is 7.11. The Kier molecular flexibility index (Phi) is 5.79. The summed E-state index contributed by atoms with van der Waals surface area (Å²) in [6.07, 6.45) is 0. The van der Waals surface area contributed by atoms with Crippen LogP contribution in [-0.2, 0) is 16.1 Å². The number of nitrogens with one attached hydrogen (secondary N) is 3. The number of rotatable bonds is 4. The van der Waals surface area contributed by atoms with Crippen molar-refractivity contribution in [2.45, 2.75) is 13.5 Å². The Balaban J connectivity index is 0.00000180. The molecule has 5 nitrogen and oxygen atoms in total. The zero-order valence-electron chi connectivity index (χ0n) is 10.7. The Morgan fingerprint density at radius 1 is 1.37 bits per heavy atom. The number of hydrogen-bond donors (Lipinski definition) is 3. The van der Waals surface area contributed by atoms with Crippen LogP contribution in [0.1, 0.15) is 12.5 Å². The molecule has 3 N–H and O–H groups in total. The second-order valence-electron chi connectivity index (χ2n) is 4.45. The maximum Gasteiger partial charge on any atom is 0.225 e. The van der Waals surface area contributed by atoms with Crippen LogP contribution in [0.4, 0.5) is 5.69 Å². The molecule has 1 aliphatic rings. The summed E-state index contributed by atoms with van der Waals surface area (Å²) in [5.41, 5.74) is 1.72. The van der Waals surface area contributed by atoms with Crippen LogP contribution in [0, 0.1) is 5.92 Å². The molecule has 0 radical (unpaired) electrons. The van der Waals surface area contributed by atoms with Gasteiger partial charge in [-0.3, -0.25) is 9.59 Å². The number of halogens is 1. The van der Waals surface area contributed by atoms with Crippen molar-refractivity contribution in [1.82, 2.24) is 10.6 Å². The van der Waals surface area contributed by atoms with Gasteiger partial charge < -0.3 is 16.0 Å². The van der Waals surface area contributed by atoms with E-state index in [1.165, 1.54) is 6.92 Å². The van der Waals surface area contributed by atoms with E-state index in [0.717, 1.165) is 24.3 Å². The third-order valence-corrected chi connectivity index (χ3v) is 2.87. The van der Waals surface area contributed by atoms with Crippen LogP contribution < -0.4 is 16.0 Å². The summed E-state index contributed by atoms with van der Waals surface area (Å²) in [6, 6.07) is 7.46. The van der Waals surface area contributed by atoms with Gasteiger partial charge in [0.05, 0.1) is 5.92 Å². The lowest BCUT2D eigenvalue weighted by molar-refractivity contribution is -0.126. The van der Waals surface area contributed by atoms with Crippen LogP contribution >= 0.6 is 12.4 Å². The first-order valence-corrected chi connectivity index (χ1v) is 6.00. The van der Waals surface area contributed by atoms with Gasteiger partial charge in [0.15, 0.2) is 0 Å². The molecule has 0 bridgehead atoms. The van der Waals surface area contributed by atoms with Crippen molar-refractivity contribution in [3.05, 3.63) is 29.8 Å². The van der Waals surface area contributed by atoms with Gasteiger partial charge in [0, 0.05) is 32.2 Å². The second-order valence-corrected chi connectivity index (χ2v) is 4.45. The van der Waals surface area contributed by atoms with Crippen molar-refractivity contribution in [1.29, 1.82) is 0 Å². The SMILES string of the molecule is CC(=O)Nc1cccc(CNC(=O)C2CNC2)c1.Cl. The zero-order valence-corrected chi connectivity index (χ0v) is 11.5. The monoisotopic (exact) mass is 283 g/mol. The lowest BCUT2D eigenvalue weighted by Gasteiger charge is -2.25. The minimum absolute atomic E-state index is 0. The summed E-state index contributed by atoms with van der Waals surface area (Å²) < 4.78 is 0. The van der Waals surface area contributed by atoms with Crippen molar-refractivity contribution in [3.8, 4) is 0 Å². The number of anilines is 1. The first kappa shape index (κ1) is 15.5. The fourth-order valence-corrected chi connectivity index (χ4v) is 1.77. The minimum Gasteiger partial charge on any atom is -0.352 e. The summed E-state index contributed by atoms with van der Waals surface area (Å²) >= 11 is 0. The molecule has 104 valence electrons. The third-order valence-electron chi connectivity index (χ3n) is 2.87. The molecule has 0 atom stereocenters. The van der Waals surface area contributed by atoms with Gasteiger partial charge in [-0.1, -0.05) is 12.1 Å². The average Bonchev–Trinajstić information content (AvgIpc) is 2.23. The number of carbonyl (C=O) groups excluding carboxylic acids is 2. The molecule has 0 aromatic heterocycles. The molecule has 1 aromatic rings. The van der Waals surface area contributed by atoms with Gasteiger partial charge in [0.1, 0.15) is 0 Å². The van der Waals surface area contributed by atoms with Gasteiger partial charge in [-0.05, 0) is 17.7 Å². The van der Waals surface area contributed by atoms with E-state index in [2.05, 4.69) is 16.0 Å². The Morgan fingerprint density at radius 3 is 2.68 bits per heavy atom. The van der Waals surface area contributed by atoms with Crippen molar-refractivity contribution >= 4 is 29.9 Å². The summed E-state index contributed by atoms with van der Waals surface area (Å²) in [6.45, 7) is 3.48. The van der Waals surface area contributed by atoms with E-state index in [0.29, 0.717) is 6.54 Å². The van der Waals surface area contributed by atoms with Crippen molar-refractivity contribution in [2.75, 3.05) is 18.4 Å². The smallest absolute Gasteiger partial charge is 0.225 e. The largest absolute Gasteiger partial charge is 0.352 e. The molecule has 2 rings (SSSR count). The van der Waals surface area contributed by atoms with Gasteiger partial charge in [-0.2, -0.15) is 0 Å².